The summed E-state index contributed by atoms with van der Waals surface area (Å²) in [5, 5.41) is 0. The number of nitrogens with two attached hydrogens (primary N) is 2. The molecule has 1 aromatic rings. The van der Waals surface area contributed by atoms with E-state index in [9.17, 15) is 9.59 Å². The molecule has 0 atom stereocenters. The fourth-order valence-corrected chi connectivity index (χ4v) is 3.22. The van der Waals surface area contributed by atoms with Gasteiger partial charge in [0.05, 0.1) is 17.8 Å². The molecule has 3 rings (SSSR count). The fraction of sp³-hybridized carbons (Fsp3) is 0.273. The Balaban J connectivity index is 1.79. The molecule has 2 aliphatic rings. The molecule has 0 amide bonds. The second kappa shape index (κ2) is 8.08. The van der Waals surface area contributed by atoms with E-state index in [0.29, 0.717) is 17.7 Å². The van der Waals surface area contributed by atoms with Crippen molar-refractivity contribution in [3.05, 3.63) is 70.6 Å². The molecular weight excluding hydrogens is 340 g/mol. The van der Waals surface area contributed by atoms with Crippen molar-refractivity contribution in [1.82, 2.24) is 0 Å². The molecule has 0 fully saturated rings. The lowest BCUT2D eigenvalue weighted by Gasteiger charge is -2.22. The van der Waals surface area contributed by atoms with E-state index in [1.165, 1.54) is 25.0 Å². The van der Waals surface area contributed by atoms with Gasteiger partial charge in [0.2, 0.25) is 0 Å². The first-order chi connectivity index (χ1) is 13.0. The molecule has 140 valence electrons. The molecule has 0 radical (unpaired) electrons. The van der Waals surface area contributed by atoms with Gasteiger partial charge >= 0.3 is 0 Å². The van der Waals surface area contributed by atoms with E-state index in [0.717, 1.165) is 18.6 Å². The maximum atomic E-state index is 12.9. The van der Waals surface area contributed by atoms with Crippen LogP contribution in [0.3, 0.4) is 0 Å². The van der Waals surface area contributed by atoms with Crippen molar-refractivity contribution in [1.29, 1.82) is 0 Å². The lowest BCUT2D eigenvalue weighted by Crippen LogP contribution is -2.26. The summed E-state index contributed by atoms with van der Waals surface area (Å²) < 4.78 is 5.74. The third-order valence-electron chi connectivity index (χ3n) is 4.69. The number of hydrogen-bond donors (Lipinski definition) is 2. The van der Waals surface area contributed by atoms with Crippen LogP contribution in [-0.4, -0.2) is 18.2 Å². The van der Waals surface area contributed by atoms with Crippen LogP contribution >= 0.6 is 0 Å². The molecule has 0 saturated carbocycles. The van der Waals surface area contributed by atoms with Crippen molar-refractivity contribution in [3.8, 4) is 5.75 Å². The zero-order valence-electron chi connectivity index (χ0n) is 15.5. The van der Waals surface area contributed by atoms with Gasteiger partial charge in [-0.2, -0.15) is 0 Å². The summed E-state index contributed by atoms with van der Waals surface area (Å²) in [5.74, 6) is 0.174. The predicted octanol–water partition coefficient (Wildman–Crippen LogP) is 3.18. The summed E-state index contributed by atoms with van der Waals surface area (Å²) in [6, 6.07) is 7.31. The normalized spacial score (nSPS) is 16.6. The standard InChI is InChI=1S/C22H24N2O3/c1-2-3-4-5-12-27-15-8-6-14(7-9-15)16-13-18(24)20-19(25)11-10-17(23)21(20)22(16)26/h6-11,13H,2-5,12,23-24H2,1H3. The van der Waals surface area contributed by atoms with Crippen molar-refractivity contribution >= 4 is 17.1 Å². The summed E-state index contributed by atoms with van der Waals surface area (Å²) in [5.41, 5.74) is 14.0. The third-order valence-corrected chi connectivity index (χ3v) is 4.69. The van der Waals surface area contributed by atoms with E-state index in [4.69, 9.17) is 16.2 Å². The minimum atomic E-state index is -0.299. The Kier molecular flexibility index (Phi) is 5.60. The van der Waals surface area contributed by atoms with Crippen molar-refractivity contribution in [2.45, 2.75) is 32.6 Å². The number of rotatable bonds is 7. The average Bonchev–Trinajstić information content (AvgIpc) is 2.67. The zero-order chi connectivity index (χ0) is 19.4. The Morgan fingerprint density at radius 2 is 1.63 bits per heavy atom. The van der Waals surface area contributed by atoms with Crippen LogP contribution in [0.25, 0.3) is 5.57 Å². The number of Topliss-reactive ketones (excluding diaryl/α,β-unsaturated/α-hetero) is 1. The maximum Gasteiger partial charge on any atom is 0.196 e. The highest BCUT2D eigenvalue weighted by Crippen LogP contribution is 2.34. The van der Waals surface area contributed by atoms with Gasteiger partial charge in [0.15, 0.2) is 11.6 Å². The first kappa shape index (κ1) is 18.7. The molecule has 0 heterocycles. The molecular formula is C22H24N2O3. The molecule has 2 aliphatic carbocycles. The molecule has 0 saturated heterocycles. The Labute approximate surface area is 159 Å². The Hall–Kier alpha value is -3.08. The van der Waals surface area contributed by atoms with Crippen LogP contribution in [0.5, 0.6) is 5.75 Å². The van der Waals surface area contributed by atoms with Gasteiger partial charge < -0.3 is 16.2 Å². The summed E-state index contributed by atoms with van der Waals surface area (Å²) >= 11 is 0. The van der Waals surface area contributed by atoms with Crippen LogP contribution in [0.1, 0.15) is 38.2 Å². The molecule has 0 unspecified atom stereocenters. The van der Waals surface area contributed by atoms with Crippen LogP contribution in [0.4, 0.5) is 0 Å². The van der Waals surface area contributed by atoms with E-state index in [1.54, 1.807) is 6.08 Å². The highest BCUT2D eigenvalue weighted by Gasteiger charge is 2.32. The van der Waals surface area contributed by atoms with Gasteiger partial charge in [0.1, 0.15) is 5.75 Å². The van der Waals surface area contributed by atoms with E-state index >= 15 is 0 Å². The highest BCUT2D eigenvalue weighted by atomic mass is 16.5. The number of allylic oxidation sites excluding steroid dienone is 6. The highest BCUT2D eigenvalue weighted by molar-refractivity contribution is 6.36. The van der Waals surface area contributed by atoms with Crippen molar-refractivity contribution in [2.24, 2.45) is 11.5 Å². The van der Waals surface area contributed by atoms with Crippen LogP contribution in [0.2, 0.25) is 0 Å². The molecule has 5 heteroatoms. The number of benzene rings is 1. The minimum absolute atomic E-state index is 0.189. The second-order valence-corrected chi connectivity index (χ2v) is 6.68. The van der Waals surface area contributed by atoms with E-state index in [2.05, 4.69) is 6.92 Å². The first-order valence-corrected chi connectivity index (χ1v) is 9.24. The number of ether oxygens (including phenoxy) is 1. The number of carbonyl (C=O) groups is 2. The molecule has 0 bridgehead atoms. The summed E-state index contributed by atoms with van der Waals surface area (Å²) in [4.78, 5) is 25.0. The van der Waals surface area contributed by atoms with Crippen LogP contribution < -0.4 is 16.2 Å². The molecule has 4 N–H and O–H groups in total. The van der Waals surface area contributed by atoms with E-state index < -0.39 is 0 Å². The Morgan fingerprint density at radius 1 is 0.889 bits per heavy atom. The molecule has 0 aliphatic heterocycles. The number of unbranched alkanes of at least 4 members (excludes halogenated alkanes) is 3. The SMILES string of the molecule is CCCCCCOc1ccc(C2=CC(N)=C3C(=O)C=CC(N)=C3C2=O)cc1. The van der Waals surface area contributed by atoms with Gasteiger partial charge in [0.25, 0.3) is 0 Å². The molecule has 0 spiro atoms. The maximum absolute atomic E-state index is 12.9. The molecule has 5 nitrogen and oxygen atoms in total. The van der Waals surface area contributed by atoms with Gasteiger partial charge in [-0.05, 0) is 42.3 Å². The minimum Gasteiger partial charge on any atom is -0.494 e. The van der Waals surface area contributed by atoms with Crippen molar-refractivity contribution in [2.75, 3.05) is 6.61 Å². The van der Waals surface area contributed by atoms with Gasteiger partial charge in [-0.25, -0.2) is 0 Å². The first-order valence-electron chi connectivity index (χ1n) is 9.24. The quantitative estimate of drug-likeness (QED) is 0.725. The van der Waals surface area contributed by atoms with Gasteiger partial charge in [-0.1, -0.05) is 38.3 Å². The number of ketones is 2. The van der Waals surface area contributed by atoms with Gasteiger partial charge in [-0.15, -0.1) is 0 Å². The largest absolute Gasteiger partial charge is 0.494 e. The number of carbonyl (C=O) groups excluding carboxylic acids is 2. The van der Waals surface area contributed by atoms with Gasteiger partial charge in [0, 0.05) is 17.0 Å². The Bertz CT molecular complexity index is 887. The lowest BCUT2D eigenvalue weighted by atomic mass is 9.81. The molecule has 1 aromatic carbocycles. The molecule has 0 aromatic heterocycles. The van der Waals surface area contributed by atoms with Crippen LogP contribution in [-0.2, 0) is 9.59 Å². The van der Waals surface area contributed by atoms with Crippen LogP contribution in [0, 0.1) is 0 Å². The number of fused-ring (bicyclic) bond motifs is 1. The monoisotopic (exact) mass is 364 g/mol. The van der Waals surface area contributed by atoms with Gasteiger partial charge in [-0.3, -0.25) is 9.59 Å². The molecule has 27 heavy (non-hydrogen) atoms. The Morgan fingerprint density at radius 3 is 2.33 bits per heavy atom. The van der Waals surface area contributed by atoms with Crippen LogP contribution in [0.15, 0.2) is 65.0 Å². The fourth-order valence-electron chi connectivity index (χ4n) is 3.22. The number of hydrogen-bond acceptors (Lipinski definition) is 5. The summed E-state index contributed by atoms with van der Waals surface area (Å²) in [6.45, 7) is 2.85. The predicted molar refractivity (Wildman–Crippen MR) is 106 cm³/mol. The lowest BCUT2D eigenvalue weighted by molar-refractivity contribution is -0.113. The smallest absolute Gasteiger partial charge is 0.196 e. The summed E-state index contributed by atoms with van der Waals surface area (Å²) in [6.07, 6.45) is 8.92. The third kappa shape index (κ3) is 3.87. The average molecular weight is 364 g/mol. The van der Waals surface area contributed by atoms with E-state index in [-0.39, 0.29) is 34.1 Å². The van der Waals surface area contributed by atoms with Crippen molar-refractivity contribution < 1.29 is 14.3 Å². The van der Waals surface area contributed by atoms with Crippen molar-refractivity contribution in [3.63, 3.8) is 0 Å². The zero-order valence-corrected chi connectivity index (χ0v) is 15.5. The second-order valence-electron chi connectivity index (χ2n) is 6.68. The topological polar surface area (TPSA) is 95.4 Å². The van der Waals surface area contributed by atoms with E-state index in [1.807, 2.05) is 24.3 Å². The summed E-state index contributed by atoms with van der Waals surface area (Å²) in [7, 11) is 0.